The number of aryl methyl sites for hydroxylation is 1. The fourth-order valence-corrected chi connectivity index (χ4v) is 1.51. The quantitative estimate of drug-likeness (QED) is 0.782. The van der Waals surface area contributed by atoms with Gasteiger partial charge in [-0.3, -0.25) is 0 Å². The molecule has 1 rings (SSSR count). The van der Waals surface area contributed by atoms with E-state index >= 15 is 0 Å². The summed E-state index contributed by atoms with van der Waals surface area (Å²) in [5.74, 6) is -0.276. The number of hydrogen-bond acceptors (Lipinski definition) is 1. The molecular formula is C10H13ClFN. The van der Waals surface area contributed by atoms with Gasteiger partial charge >= 0.3 is 0 Å². The van der Waals surface area contributed by atoms with Gasteiger partial charge in [0.05, 0.1) is 0 Å². The van der Waals surface area contributed by atoms with Crippen molar-refractivity contribution < 1.29 is 4.39 Å². The Morgan fingerprint density at radius 3 is 2.69 bits per heavy atom. The summed E-state index contributed by atoms with van der Waals surface area (Å²) >= 11 is 5.86. The number of nitrogens with two attached hydrogens (primary N) is 1. The first kappa shape index (κ1) is 10.5. The van der Waals surface area contributed by atoms with Crippen LogP contribution in [0.15, 0.2) is 12.1 Å². The van der Waals surface area contributed by atoms with Crippen LogP contribution in [0.2, 0.25) is 5.02 Å². The lowest BCUT2D eigenvalue weighted by molar-refractivity contribution is 0.568. The maximum atomic E-state index is 13.5. The summed E-state index contributed by atoms with van der Waals surface area (Å²) in [7, 11) is 0. The monoisotopic (exact) mass is 201 g/mol. The van der Waals surface area contributed by atoms with Crippen molar-refractivity contribution in [1.82, 2.24) is 0 Å². The Bertz CT molecular complexity index is 312. The van der Waals surface area contributed by atoms with Crippen molar-refractivity contribution in [2.24, 2.45) is 5.73 Å². The van der Waals surface area contributed by atoms with Gasteiger partial charge in [0.1, 0.15) is 5.82 Å². The molecule has 0 radical (unpaired) electrons. The molecule has 3 heteroatoms. The van der Waals surface area contributed by atoms with Crippen molar-refractivity contribution in [1.29, 1.82) is 0 Å². The van der Waals surface area contributed by atoms with E-state index in [1.165, 1.54) is 0 Å². The summed E-state index contributed by atoms with van der Waals surface area (Å²) in [6.45, 7) is 3.61. The van der Waals surface area contributed by atoms with Crippen LogP contribution < -0.4 is 5.73 Å². The maximum Gasteiger partial charge on any atom is 0.132 e. The molecule has 13 heavy (non-hydrogen) atoms. The van der Waals surface area contributed by atoms with Crippen molar-refractivity contribution >= 4 is 11.6 Å². The Labute approximate surface area is 82.7 Å². The zero-order valence-corrected chi connectivity index (χ0v) is 8.53. The van der Waals surface area contributed by atoms with Gasteiger partial charge in [0, 0.05) is 16.6 Å². The van der Waals surface area contributed by atoms with Crippen LogP contribution in [0, 0.1) is 12.7 Å². The average molecular weight is 202 g/mol. The third-order valence-electron chi connectivity index (χ3n) is 2.13. The lowest BCUT2D eigenvalue weighted by atomic mass is 10.0. The molecule has 0 bridgehead atoms. The molecule has 1 aromatic carbocycles. The molecule has 2 N–H and O–H groups in total. The van der Waals surface area contributed by atoms with E-state index in [-0.39, 0.29) is 11.9 Å². The minimum Gasteiger partial charge on any atom is -0.324 e. The first-order chi connectivity index (χ1) is 6.07. The van der Waals surface area contributed by atoms with Crippen LogP contribution in [0.3, 0.4) is 0 Å². The Morgan fingerprint density at radius 2 is 2.15 bits per heavy atom. The van der Waals surface area contributed by atoms with Crippen molar-refractivity contribution in [3.63, 3.8) is 0 Å². The van der Waals surface area contributed by atoms with Gasteiger partial charge in [-0.25, -0.2) is 4.39 Å². The number of halogens is 2. The molecule has 0 aromatic heterocycles. The second-order valence-corrected chi connectivity index (χ2v) is 3.51. The molecule has 1 aromatic rings. The highest BCUT2D eigenvalue weighted by Gasteiger charge is 2.15. The molecule has 0 amide bonds. The van der Waals surface area contributed by atoms with Gasteiger partial charge in [0.25, 0.3) is 0 Å². The largest absolute Gasteiger partial charge is 0.324 e. The third kappa shape index (κ3) is 2.01. The minimum atomic E-state index is -0.313. The van der Waals surface area contributed by atoms with Gasteiger partial charge in [-0.1, -0.05) is 24.6 Å². The summed E-state index contributed by atoms with van der Waals surface area (Å²) in [4.78, 5) is 0. The van der Waals surface area contributed by atoms with E-state index in [4.69, 9.17) is 17.3 Å². The number of rotatable bonds is 2. The Kier molecular flexibility index (Phi) is 3.28. The smallest absolute Gasteiger partial charge is 0.132 e. The summed E-state index contributed by atoms with van der Waals surface area (Å²) in [6.07, 6.45) is 0.681. The molecule has 72 valence electrons. The zero-order chi connectivity index (χ0) is 10.0. The Hall–Kier alpha value is -0.600. The highest BCUT2D eigenvalue weighted by Crippen LogP contribution is 2.27. The molecule has 1 nitrogen and oxygen atoms in total. The lowest BCUT2D eigenvalue weighted by Crippen LogP contribution is -2.12. The second kappa shape index (κ2) is 4.07. The van der Waals surface area contributed by atoms with Crippen LogP contribution in [0.4, 0.5) is 4.39 Å². The van der Waals surface area contributed by atoms with E-state index in [1.54, 1.807) is 19.1 Å². The van der Waals surface area contributed by atoms with E-state index in [0.29, 0.717) is 22.6 Å². The van der Waals surface area contributed by atoms with Gasteiger partial charge in [0.2, 0.25) is 0 Å². The predicted molar refractivity (Wildman–Crippen MR) is 53.4 cm³/mol. The fraction of sp³-hybridized carbons (Fsp3) is 0.400. The normalized spacial score (nSPS) is 13.0. The summed E-state index contributed by atoms with van der Waals surface area (Å²) in [5, 5.41) is 0.414. The molecule has 0 heterocycles. The Morgan fingerprint density at radius 1 is 1.54 bits per heavy atom. The second-order valence-electron chi connectivity index (χ2n) is 3.11. The lowest BCUT2D eigenvalue weighted by Gasteiger charge is -2.13. The van der Waals surface area contributed by atoms with Crippen LogP contribution in [0.5, 0.6) is 0 Å². The van der Waals surface area contributed by atoms with Crippen molar-refractivity contribution in [2.75, 3.05) is 0 Å². The van der Waals surface area contributed by atoms with Gasteiger partial charge in [-0.15, -0.1) is 0 Å². The van der Waals surface area contributed by atoms with E-state index in [1.807, 2.05) is 6.92 Å². The number of hydrogen-bond donors (Lipinski definition) is 1. The molecule has 0 unspecified atom stereocenters. The zero-order valence-electron chi connectivity index (χ0n) is 7.77. The van der Waals surface area contributed by atoms with E-state index < -0.39 is 0 Å². The Balaban J connectivity index is 3.25. The van der Waals surface area contributed by atoms with Crippen molar-refractivity contribution in [3.05, 3.63) is 34.1 Å². The summed E-state index contributed by atoms with van der Waals surface area (Å²) < 4.78 is 13.5. The van der Waals surface area contributed by atoms with E-state index in [9.17, 15) is 4.39 Å². The van der Waals surface area contributed by atoms with Crippen LogP contribution in [-0.4, -0.2) is 0 Å². The maximum absolute atomic E-state index is 13.5. The van der Waals surface area contributed by atoms with Crippen molar-refractivity contribution in [3.8, 4) is 0 Å². The molecule has 0 saturated carbocycles. The van der Waals surface area contributed by atoms with E-state index in [2.05, 4.69) is 0 Å². The highest BCUT2D eigenvalue weighted by molar-refractivity contribution is 6.31. The van der Waals surface area contributed by atoms with Crippen LogP contribution in [0.25, 0.3) is 0 Å². The summed E-state index contributed by atoms with van der Waals surface area (Å²) in [6, 6.07) is 3.03. The topological polar surface area (TPSA) is 26.0 Å². The molecule has 0 aliphatic rings. The fourth-order valence-electron chi connectivity index (χ4n) is 1.22. The van der Waals surface area contributed by atoms with Crippen molar-refractivity contribution in [2.45, 2.75) is 26.3 Å². The first-order valence-corrected chi connectivity index (χ1v) is 4.65. The highest BCUT2D eigenvalue weighted by atomic mass is 35.5. The van der Waals surface area contributed by atoms with Gasteiger partial charge in [-0.2, -0.15) is 0 Å². The van der Waals surface area contributed by atoms with Gasteiger partial charge in [-0.05, 0) is 25.0 Å². The SMILES string of the molecule is CC[C@H](N)c1c(Cl)ccc(C)c1F. The average Bonchev–Trinajstić information content (AvgIpc) is 2.12. The molecule has 0 fully saturated rings. The minimum absolute atomic E-state index is 0.276. The number of benzene rings is 1. The molecule has 1 atom stereocenters. The van der Waals surface area contributed by atoms with Crippen LogP contribution in [-0.2, 0) is 0 Å². The first-order valence-electron chi connectivity index (χ1n) is 4.28. The van der Waals surface area contributed by atoms with Gasteiger partial charge < -0.3 is 5.73 Å². The molecule has 0 aliphatic carbocycles. The van der Waals surface area contributed by atoms with Crippen LogP contribution >= 0.6 is 11.6 Å². The molecule has 0 spiro atoms. The van der Waals surface area contributed by atoms with Gasteiger partial charge in [0.15, 0.2) is 0 Å². The molecule has 0 saturated heterocycles. The predicted octanol–water partition coefficient (Wildman–Crippen LogP) is 3.20. The van der Waals surface area contributed by atoms with Crippen LogP contribution in [0.1, 0.15) is 30.5 Å². The summed E-state index contributed by atoms with van der Waals surface area (Å²) in [5.41, 5.74) is 6.76. The molecular weight excluding hydrogens is 189 g/mol. The van der Waals surface area contributed by atoms with E-state index in [0.717, 1.165) is 0 Å². The molecule has 0 aliphatic heterocycles. The third-order valence-corrected chi connectivity index (χ3v) is 2.46. The standard InChI is InChI=1S/C10H13ClFN/c1-3-8(13)9-7(11)5-4-6(2)10(9)12/h4-5,8H,3,13H2,1-2H3/t8-/m0/s1.